The van der Waals surface area contributed by atoms with Crippen molar-refractivity contribution >= 4 is 17.5 Å². The van der Waals surface area contributed by atoms with Crippen molar-refractivity contribution in [2.75, 3.05) is 25.5 Å². The SMILES string of the molecule is COc1ccc(CCNC(=O)c2ccccc2NCC(=O)NC(C)(C)C)cc1. The smallest absolute Gasteiger partial charge is 0.253 e. The molecule has 0 heterocycles. The zero-order chi connectivity index (χ0) is 20.6. The summed E-state index contributed by atoms with van der Waals surface area (Å²) in [4.78, 5) is 24.6. The van der Waals surface area contributed by atoms with Gasteiger partial charge in [0.2, 0.25) is 5.91 Å². The van der Waals surface area contributed by atoms with Gasteiger partial charge in [0.25, 0.3) is 5.91 Å². The number of benzene rings is 2. The quantitative estimate of drug-likeness (QED) is 0.655. The molecule has 0 aliphatic rings. The summed E-state index contributed by atoms with van der Waals surface area (Å²) in [6.45, 7) is 6.40. The summed E-state index contributed by atoms with van der Waals surface area (Å²) in [5.41, 5.74) is 1.97. The van der Waals surface area contributed by atoms with Crippen molar-refractivity contribution in [3.05, 3.63) is 59.7 Å². The van der Waals surface area contributed by atoms with Gasteiger partial charge in [-0.05, 0) is 57.0 Å². The minimum atomic E-state index is -0.295. The normalized spacial score (nSPS) is 10.9. The van der Waals surface area contributed by atoms with E-state index in [-0.39, 0.29) is 23.9 Å². The van der Waals surface area contributed by atoms with Crippen LogP contribution in [0.4, 0.5) is 5.69 Å². The summed E-state index contributed by atoms with van der Waals surface area (Å²) >= 11 is 0. The molecule has 0 aliphatic heterocycles. The van der Waals surface area contributed by atoms with Crippen LogP contribution in [0.1, 0.15) is 36.7 Å². The van der Waals surface area contributed by atoms with Crippen LogP contribution in [0.15, 0.2) is 48.5 Å². The van der Waals surface area contributed by atoms with Crippen molar-refractivity contribution in [3.8, 4) is 5.75 Å². The van der Waals surface area contributed by atoms with E-state index in [1.165, 1.54) is 0 Å². The van der Waals surface area contributed by atoms with Gasteiger partial charge < -0.3 is 20.7 Å². The third-order valence-electron chi connectivity index (χ3n) is 3.98. The molecule has 2 amide bonds. The van der Waals surface area contributed by atoms with Gasteiger partial charge in [-0.3, -0.25) is 9.59 Å². The minimum Gasteiger partial charge on any atom is -0.497 e. The molecule has 0 saturated carbocycles. The van der Waals surface area contributed by atoms with Crippen molar-refractivity contribution < 1.29 is 14.3 Å². The molecular formula is C22H29N3O3. The first-order chi connectivity index (χ1) is 13.3. The topological polar surface area (TPSA) is 79.5 Å². The Balaban J connectivity index is 1.89. The maximum Gasteiger partial charge on any atom is 0.253 e. The Morgan fingerprint density at radius 2 is 1.68 bits per heavy atom. The lowest BCUT2D eigenvalue weighted by atomic mass is 10.1. The summed E-state index contributed by atoms with van der Waals surface area (Å²) in [7, 11) is 1.63. The number of hydrogen-bond acceptors (Lipinski definition) is 4. The molecule has 0 unspecified atom stereocenters. The first kappa shape index (κ1) is 21.3. The highest BCUT2D eigenvalue weighted by atomic mass is 16.5. The molecule has 28 heavy (non-hydrogen) atoms. The number of para-hydroxylation sites is 1. The molecule has 2 aromatic rings. The van der Waals surface area contributed by atoms with Crippen molar-refractivity contribution in [3.63, 3.8) is 0 Å². The number of nitrogens with one attached hydrogen (secondary N) is 3. The molecule has 0 saturated heterocycles. The number of anilines is 1. The molecule has 6 nitrogen and oxygen atoms in total. The number of rotatable bonds is 8. The molecular weight excluding hydrogens is 354 g/mol. The molecule has 3 N–H and O–H groups in total. The number of ether oxygens (including phenoxy) is 1. The lowest BCUT2D eigenvalue weighted by Gasteiger charge is -2.21. The van der Waals surface area contributed by atoms with Crippen LogP contribution in [-0.4, -0.2) is 37.6 Å². The summed E-state index contributed by atoms with van der Waals surface area (Å²) < 4.78 is 5.14. The zero-order valence-electron chi connectivity index (χ0n) is 17.0. The Morgan fingerprint density at radius 3 is 2.32 bits per heavy atom. The Hall–Kier alpha value is -3.02. The van der Waals surface area contributed by atoms with E-state index in [0.717, 1.165) is 17.7 Å². The fraction of sp³-hybridized carbons (Fsp3) is 0.364. The van der Waals surface area contributed by atoms with E-state index in [9.17, 15) is 9.59 Å². The lowest BCUT2D eigenvalue weighted by molar-refractivity contribution is -0.120. The van der Waals surface area contributed by atoms with Crippen LogP contribution in [0.5, 0.6) is 5.75 Å². The van der Waals surface area contributed by atoms with Crippen LogP contribution in [0.2, 0.25) is 0 Å². The van der Waals surface area contributed by atoms with Gasteiger partial charge in [-0.1, -0.05) is 24.3 Å². The third-order valence-corrected chi connectivity index (χ3v) is 3.98. The molecule has 0 bridgehead atoms. The largest absolute Gasteiger partial charge is 0.497 e. The summed E-state index contributed by atoms with van der Waals surface area (Å²) in [6, 6.07) is 14.9. The highest BCUT2D eigenvalue weighted by molar-refractivity contribution is 6.00. The van der Waals surface area contributed by atoms with E-state index in [0.29, 0.717) is 17.8 Å². The number of carbonyl (C=O) groups excluding carboxylic acids is 2. The van der Waals surface area contributed by atoms with Gasteiger partial charge >= 0.3 is 0 Å². The predicted molar refractivity (Wildman–Crippen MR) is 112 cm³/mol. The number of methoxy groups -OCH3 is 1. The summed E-state index contributed by atoms with van der Waals surface area (Å²) in [6.07, 6.45) is 0.722. The van der Waals surface area contributed by atoms with Gasteiger partial charge in [-0.25, -0.2) is 0 Å². The number of carbonyl (C=O) groups is 2. The monoisotopic (exact) mass is 383 g/mol. The van der Waals surface area contributed by atoms with E-state index < -0.39 is 0 Å². The third kappa shape index (κ3) is 6.95. The molecule has 0 aliphatic carbocycles. The molecule has 150 valence electrons. The summed E-state index contributed by atoms with van der Waals surface area (Å²) in [5, 5.41) is 8.87. The van der Waals surface area contributed by atoms with Gasteiger partial charge in [0, 0.05) is 17.8 Å². The van der Waals surface area contributed by atoms with E-state index in [1.54, 1.807) is 25.3 Å². The maximum atomic E-state index is 12.6. The van der Waals surface area contributed by atoms with E-state index in [1.807, 2.05) is 51.1 Å². The Kier molecular flexibility index (Phi) is 7.44. The second-order valence-electron chi connectivity index (χ2n) is 7.55. The van der Waals surface area contributed by atoms with Crippen molar-refractivity contribution in [2.24, 2.45) is 0 Å². The fourth-order valence-corrected chi connectivity index (χ4v) is 2.68. The molecule has 2 aromatic carbocycles. The number of hydrogen-bond donors (Lipinski definition) is 3. The van der Waals surface area contributed by atoms with Gasteiger partial charge in [0.1, 0.15) is 5.75 Å². The Bertz CT molecular complexity index is 795. The van der Waals surface area contributed by atoms with Crippen LogP contribution in [0.3, 0.4) is 0 Å². The first-order valence-corrected chi connectivity index (χ1v) is 9.33. The minimum absolute atomic E-state index is 0.105. The van der Waals surface area contributed by atoms with Gasteiger partial charge in [0.05, 0.1) is 19.2 Å². The van der Waals surface area contributed by atoms with Crippen LogP contribution in [0.25, 0.3) is 0 Å². The molecule has 0 radical (unpaired) electrons. The van der Waals surface area contributed by atoms with E-state index >= 15 is 0 Å². The van der Waals surface area contributed by atoms with Crippen LogP contribution < -0.4 is 20.7 Å². The Morgan fingerprint density at radius 1 is 1.00 bits per heavy atom. The standard InChI is InChI=1S/C22H29N3O3/c1-22(2,3)25-20(26)15-24-19-8-6-5-7-18(19)21(27)23-14-13-16-9-11-17(28-4)12-10-16/h5-12,24H,13-15H2,1-4H3,(H,23,27)(H,25,26). The first-order valence-electron chi connectivity index (χ1n) is 9.33. The average Bonchev–Trinajstić information content (AvgIpc) is 2.65. The van der Waals surface area contributed by atoms with Crippen molar-refractivity contribution in [2.45, 2.75) is 32.7 Å². The second-order valence-corrected chi connectivity index (χ2v) is 7.55. The molecule has 0 fully saturated rings. The van der Waals surface area contributed by atoms with Crippen LogP contribution in [-0.2, 0) is 11.2 Å². The van der Waals surface area contributed by atoms with E-state index in [2.05, 4.69) is 16.0 Å². The van der Waals surface area contributed by atoms with Crippen LogP contribution >= 0.6 is 0 Å². The van der Waals surface area contributed by atoms with Gasteiger partial charge in [-0.15, -0.1) is 0 Å². The van der Waals surface area contributed by atoms with Gasteiger partial charge in [0.15, 0.2) is 0 Å². The van der Waals surface area contributed by atoms with E-state index in [4.69, 9.17) is 4.74 Å². The van der Waals surface area contributed by atoms with Crippen molar-refractivity contribution in [1.82, 2.24) is 10.6 Å². The fourth-order valence-electron chi connectivity index (χ4n) is 2.68. The average molecular weight is 383 g/mol. The zero-order valence-corrected chi connectivity index (χ0v) is 17.0. The Labute approximate surface area is 166 Å². The van der Waals surface area contributed by atoms with Crippen LogP contribution in [0, 0.1) is 0 Å². The molecule has 2 rings (SSSR count). The van der Waals surface area contributed by atoms with Crippen molar-refractivity contribution in [1.29, 1.82) is 0 Å². The summed E-state index contributed by atoms with van der Waals surface area (Å²) in [5.74, 6) is 0.512. The molecule has 0 aromatic heterocycles. The highest BCUT2D eigenvalue weighted by Crippen LogP contribution is 2.15. The lowest BCUT2D eigenvalue weighted by Crippen LogP contribution is -2.43. The van der Waals surface area contributed by atoms with Gasteiger partial charge in [-0.2, -0.15) is 0 Å². The molecule has 6 heteroatoms. The maximum absolute atomic E-state index is 12.6. The molecule has 0 spiro atoms. The highest BCUT2D eigenvalue weighted by Gasteiger charge is 2.15. The second kappa shape index (κ2) is 9.78. The molecule has 0 atom stereocenters. The number of amides is 2. The predicted octanol–water partition coefficient (Wildman–Crippen LogP) is 2.99.